The van der Waals surface area contributed by atoms with E-state index in [0.717, 1.165) is 37.4 Å². The monoisotopic (exact) mass is 401 g/mol. The van der Waals surface area contributed by atoms with Crippen LogP contribution in [0.5, 0.6) is 0 Å². The number of carbonyl (C=O) groups is 1. The Balaban J connectivity index is 1.49. The van der Waals surface area contributed by atoms with E-state index < -0.39 is 5.60 Å². The minimum absolute atomic E-state index is 0.178. The van der Waals surface area contributed by atoms with E-state index in [1.54, 1.807) is 38.2 Å². The SMILES string of the molecule is Cc1cc(C(=O)NCC2CCCN(Cc3ccc(C#CC(C)(C)O)s3)C2)no1. The number of carbonyl (C=O) groups excluding carboxylic acids is 1. The number of nitrogens with zero attached hydrogens (tertiary/aromatic N) is 2. The Labute approximate surface area is 169 Å². The second kappa shape index (κ2) is 8.91. The summed E-state index contributed by atoms with van der Waals surface area (Å²) in [5.41, 5.74) is -0.636. The number of aromatic nitrogens is 1. The zero-order chi connectivity index (χ0) is 20.1. The number of amides is 1. The standard InChI is InChI=1S/C21H27N3O3S/c1-15-11-19(23-27-15)20(25)22-12-16-5-4-10-24(13-16)14-18-7-6-17(28-18)8-9-21(2,3)26/h6-7,11,16,26H,4-5,10,12-14H2,1-3H3,(H,22,25). The topological polar surface area (TPSA) is 78.6 Å². The van der Waals surface area contributed by atoms with Gasteiger partial charge in [-0.1, -0.05) is 17.0 Å². The Morgan fingerprint density at radius 2 is 2.32 bits per heavy atom. The zero-order valence-corrected chi connectivity index (χ0v) is 17.4. The van der Waals surface area contributed by atoms with Gasteiger partial charge in [0.1, 0.15) is 11.4 Å². The molecule has 3 rings (SSSR count). The first kappa shape index (κ1) is 20.6. The third kappa shape index (κ3) is 6.20. The maximum atomic E-state index is 12.1. The number of rotatable bonds is 5. The third-order valence-electron chi connectivity index (χ3n) is 4.55. The molecule has 7 heteroatoms. The van der Waals surface area contributed by atoms with Crippen LogP contribution < -0.4 is 5.32 Å². The lowest BCUT2D eigenvalue weighted by Gasteiger charge is -2.32. The second-order valence-corrected chi connectivity index (χ2v) is 9.02. The summed E-state index contributed by atoms with van der Waals surface area (Å²) in [7, 11) is 0. The van der Waals surface area contributed by atoms with Gasteiger partial charge in [-0.3, -0.25) is 9.69 Å². The highest BCUT2D eigenvalue weighted by Gasteiger charge is 2.21. The van der Waals surface area contributed by atoms with Crippen molar-refractivity contribution in [2.24, 2.45) is 5.92 Å². The van der Waals surface area contributed by atoms with E-state index in [-0.39, 0.29) is 5.91 Å². The molecule has 1 aliphatic heterocycles. The van der Waals surface area contributed by atoms with E-state index in [0.29, 0.717) is 23.9 Å². The van der Waals surface area contributed by atoms with Crippen LogP contribution in [0.25, 0.3) is 0 Å². The van der Waals surface area contributed by atoms with Crippen molar-refractivity contribution < 1.29 is 14.4 Å². The molecule has 1 aliphatic rings. The number of aliphatic hydroxyl groups is 1. The Hall–Kier alpha value is -2.14. The smallest absolute Gasteiger partial charge is 0.273 e. The zero-order valence-electron chi connectivity index (χ0n) is 16.6. The summed E-state index contributed by atoms with van der Waals surface area (Å²) < 4.78 is 4.96. The largest absolute Gasteiger partial charge is 0.378 e. The molecule has 0 bridgehead atoms. The van der Waals surface area contributed by atoms with Gasteiger partial charge >= 0.3 is 0 Å². The van der Waals surface area contributed by atoms with Crippen LogP contribution >= 0.6 is 11.3 Å². The molecule has 1 unspecified atom stereocenters. The minimum atomic E-state index is -0.973. The van der Waals surface area contributed by atoms with Crippen LogP contribution in [0.2, 0.25) is 0 Å². The van der Waals surface area contributed by atoms with E-state index in [4.69, 9.17) is 4.52 Å². The van der Waals surface area contributed by atoms with Gasteiger partial charge in [-0.15, -0.1) is 11.3 Å². The molecule has 2 aromatic heterocycles. The third-order valence-corrected chi connectivity index (χ3v) is 5.53. The van der Waals surface area contributed by atoms with Gasteiger partial charge in [-0.25, -0.2) is 0 Å². The molecule has 1 fully saturated rings. The van der Waals surface area contributed by atoms with Crippen LogP contribution in [0, 0.1) is 24.7 Å². The molecule has 1 saturated heterocycles. The number of aryl methyl sites for hydroxylation is 1. The molecular formula is C21H27N3O3S. The van der Waals surface area contributed by atoms with E-state index in [9.17, 15) is 9.90 Å². The summed E-state index contributed by atoms with van der Waals surface area (Å²) in [6, 6.07) is 5.77. The molecule has 0 aliphatic carbocycles. The summed E-state index contributed by atoms with van der Waals surface area (Å²) in [5, 5.41) is 16.5. The number of likely N-dealkylation sites (tertiary alicyclic amines) is 1. The van der Waals surface area contributed by atoms with Crippen molar-refractivity contribution in [3.05, 3.63) is 39.4 Å². The van der Waals surface area contributed by atoms with Crippen LogP contribution in [-0.2, 0) is 6.54 Å². The molecule has 0 spiro atoms. The van der Waals surface area contributed by atoms with E-state index in [1.165, 1.54) is 4.88 Å². The minimum Gasteiger partial charge on any atom is -0.378 e. The average molecular weight is 402 g/mol. The molecule has 28 heavy (non-hydrogen) atoms. The molecule has 2 N–H and O–H groups in total. The molecular weight excluding hydrogens is 374 g/mol. The van der Waals surface area contributed by atoms with E-state index in [2.05, 4.69) is 33.3 Å². The van der Waals surface area contributed by atoms with Crippen LogP contribution in [0.3, 0.4) is 0 Å². The molecule has 6 nitrogen and oxygen atoms in total. The molecule has 1 atom stereocenters. The molecule has 0 saturated carbocycles. The number of hydrogen-bond acceptors (Lipinski definition) is 6. The van der Waals surface area contributed by atoms with Crippen molar-refractivity contribution in [2.75, 3.05) is 19.6 Å². The lowest BCUT2D eigenvalue weighted by atomic mass is 9.98. The van der Waals surface area contributed by atoms with Crippen molar-refractivity contribution in [3.63, 3.8) is 0 Å². The van der Waals surface area contributed by atoms with Crippen LogP contribution in [0.4, 0.5) is 0 Å². The molecule has 2 aromatic rings. The predicted octanol–water partition coefficient (Wildman–Crippen LogP) is 2.81. The number of hydrogen-bond donors (Lipinski definition) is 2. The number of thiophene rings is 1. The lowest BCUT2D eigenvalue weighted by molar-refractivity contribution is 0.0922. The number of nitrogens with one attached hydrogen (secondary N) is 1. The molecule has 1 amide bonds. The Morgan fingerprint density at radius 1 is 1.50 bits per heavy atom. The summed E-state index contributed by atoms with van der Waals surface area (Å²) in [4.78, 5) is 16.8. The average Bonchev–Trinajstić information content (AvgIpc) is 3.27. The van der Waals surface area contributed by atoms with Crippen molar-refractivity contribution in [2.45, 2.75) is 45.8 Å². The summed E-state index contributed by atoms with van der Waals surface area (Å²) in [6.07, 6.45) is 2.24. The highest BCUT2D eigenvalue weighted by atomic mass is 32.1. The molecule has 0 radical (unpaired) electrons. The summed E-state index contributed by atoms with van der Waals surface area (Å²) >= 11 is 1.67. The summed E-state index contributed by atoms with van der Waals surface area (Å²) in [6.45, 7) is 8.71. The predicted molar refractivity (Wildman–Crippen MR) is 109 cm³/mol. The highest BCUT2D eigenvalue weighted by Crippen LogP contribution is 2.22. The van der Waals surface area contributed by atoms with Gasteiger partial charge in [0, 0.05) is 30.6 Å². The first-order chi connectivity index (χ1) is 13.3. The van der Waals surface area contributed by atoms with E-state index in [1.807, 2.05) is 6.07 Å². The Kier molecular flexibility index (Phi) is 6.55. The molecule has 0 aromatic carbocycles. The fourth-order valence-corrected chi connectivity index (χ4v) is 4.13. The molecule has 3 heterocycles. The fourth-order valence-electron chi connectivity index (χ4n) is 3.23. The highest BCUT2D eigenvalue weighted by molar-refractivity contribution is 7.12. The number of piperidine rings is 1. The van der Waals surface area contributed by atoms with Crippen LogP contribution in [-0.4, -0.2) is 46.3 Å². The van der Waals surface area contributed by atoms with Crippen molar-refractivity contribution in [1.29, 1.82) is 0 Å². The van der Waals surface area contributed by atoms with E-state index >= 15 is 0 Å². The van der Waals surface area contributed by atoms with Gasteiger partial charge in [0.2, 0.25) is 0 Å². The first-order valence-corrected chi connectivity index (χ1v) is 10.4. The Morgan fingerprint density at radius 3 is 3.04 bits per heavy atom. The van der Waals surface area contributed by atoms with Gasteiger partial charge in [0.25, 0.3) is 5.91 Å². The van der Waals surface area contributed by atoms with Crippen molar-refractivity contribution >= 4 is 17.2 Å². The van der Waals surface area contributed by atoms with Gasteiger partial charge in [0.05, 0.1) is 4.88 Å². The van der Waals surface area contributed by atoms with Gasteiger partial charge in [-0.2, -0.15) is 0 Å². The van der Waals surface area contributed by atoms with Gasteiger partial charge in [-0.05, 0) is 58.2 Å². The quantitative estimate of drug-likeness (QED) is 0.754. The lowest BCUT2D eigenvalue weighted by Crippen LogP contribution is -2.40. The van der Waals surface area contributed by atoms with Gasteiger partial charge in [0.15, 0.2) is 5.69 Å². The second-order valence-electron chi connectivity index (χ2n) is 7.85. The van der Waals surface area contributed by atoms with Crippen molar-refractivity contribution in [1.82, 2.24) is 15.4 Å². The normalized spacial score (nSPS) is 17.8. The van der Waals surface area contributed by atoms with Crippen LogP contribution in [0.15, 0.2) is 22.7 Å². The van der Waals surface area contributed by atoms with Crippen molar-refractivity contribution in [3.8, 4) is 11.8 Å². The fraction of sp³-hybridized carbons (Fsp3) is 0.524. The maximum Gasteiger partial charge on any atom is 0.273 e. The first-order valence-electron chi connectivity index (χ1n) is 9.56. The molecule has 150 valence electrons. The van der Waals surface area contributed by atoms with Gasteiger partial charge < -0.3 is 14.9 Å². The van der Waals surface area contributed by atoms with Crippen LogP contribution in [0.1, 0.15) is 52.7 Å². The maximum absolute atomic E-state index is 12.1. The Bertz CT molecular complexity index is 869. The summed E-state index contributed by atoms with van der Waals surface area (Å²) in [5.74, 6) is 6.78.